The monoisotopic (exact) mass is 343 g/mol. The first-order valence-electron chi connectivity index (χ1n) is 7.99. The predicted octanol–water partition coefficient (Wildman–Crippen LogP) is 1.07. The second kappa shape index (κ2) is 5.42. The Balaban J connectivity index is 1.66. The van der Waals surface area contributed by atoms with Gasteiger partial charge in [0.1, 0.15) is 18.0 Å². The van der Waals surface area contributed by atoms with Gasteiger partial charge >= 0.3 is 5.97 Å². The van der Waals surface area contributed by atoms with Crippen LogP contribution < -0.4 is 9.64 Å². The zero-order valence-corrected chi connectivity index (χ0v) is 13.8. The van der Waals surface area contributed by atoms with Crippen molar-refractivity contribution < 1.29 is 28.6 Å². The number of imide groups is 1. The Kier molecular flexibility index (Phi) is 3.43. The normalized spacial score (nSPS) is 32.2. The van der Waals surface area contributed by atoms with Crippen LogP contribution in [0.2, 0.25) is 0 Å². The molecule has 7 nitrogen and oxygen atoms in total. The number of hydrogen-bond acceptors (Lipinski definition) is 6. The lowest BCUT2D eigenvalue weighted by Gasteiger charge is -2.28. The third-order valence-electron chi connectivity index (χ3n) is 4.99. The Hall–Kier alpha value is -2.67. The highest BCUT2D eigenvalue weighted by atomic mass is 16.6. The number of carbonyl (C=O) groups excluding carboxylic acids is 3. The highest BCUT2D eigenvalue weighted by molar-refractivity contribution is 6.23. The number of benzene rings is 1. The second-order valence-corrected chi connectivity index (χ2v) is 6.39. The summed E-state index contributed by atoms with van der Waals surface area (Å²) in [6.45, 7) is 1.22. The van der Waals surface area contributed by atoms with Crippen LogP contribution in [0, 0.1) is 11.8 Å². The van der Waals surface area contributed by atoms with Gasteiger partial charge in [0.2, 0.25) is 11.8 Å². The van der Waals surface area contributed by atoms with Crippen LogP contribution >= 0.6 is 0 Å². The Labute approximate surface area is 144 Å². The fourth-order valence-electron chi connectivity index (χ4n) is 3.87. The third-order valence-corrected chi connectivity index (χ3v) is 4.99. The van der Waals surface area contributed by atoms with Gasteiger partial charge in [-0.05, 0) is 30.3 Å². The fraction of sp³-hybridized carbons (Fsp3) is 0.389. The Morgan fingerprint density at radius 3 is 2.60 bits per heavy atom. The molecule has 1 aromatic carbocycles. The van der Waals surface area contributed by atoms with Crippen LogP contribution in [0.15, 0.2) is 36.4 Å². The van der Waals surface area contributed by atoms with Crippen LogP contribution in [-0.2, 0) is 23.9 Å². The summed E-state index contributed by atoms with van der Waals surface area (Å²) in [4.78, 5) is 38.3. The van der Waals surface area contributed by atoms with Gasteiger partial charge in [-0.1, -0.05) is 6.08 Å². The van der Waals surface area contributed by atoms with Gasteiger partial charge in [-0.2, -0.15) is 0 Å². The minimum absolute atomic E-state index is 0.0774. The number of rotatable bonds is 4. The number of amides is 2. The molecule has 3 aliphatic rings. The molecule has 0 N–H and O–H groups in total. The van der Waals surface area contributed by atoms with Crippen LogP contribution in [0.5, 0.6) is 5.75 Å². The van der Waals surface area contributed by atoms with Crippen LogP contribution in [0.4, 0.5) is 5.69 Å². The molecule has 2 bridgehead atoms. The molecule has 0 unspecified atom stereocenters. The Morgan fingerprint density at radius 1 is 1.24 bits per heavy atom. The third kappa shape index (κ3) is 2.19. The van der Waals surface area contributed by atoms with Crippen LogP contribution in [0.1, 0.15) is 6.92 Å². The van der Waals surface area contributed by atoms with E-state index in [0.717, 1.165) is 0 Å². The van der Waals surface area contributed by atoms with E-state index in [9.17, 15) is 14.4 Å². The quantitative estimate of drug-likeness (QED) is 0.462. The smallest absolute Gasteiger partial charge is 0.302 e. The van der Waals surface area contributed by atoms with Crippen molar-refractivity contribution in [1.29, 1.82) is 0 Å². The van der Waals surface area contributed by atoms with Gasteiger partial charge in [0, 0.05) is 6.92 Å². The van der Waals surface area contributed by atoms with E-state index in [0.29, 0.717) is 11.4 Å². The first-order chi connectivity index (χ1) is 12.0. The number of hydrogen-bond donors (Lipinski definition) is 0. The number of carbonyl (C=O) groups is 3. The number of esters is 1. The molecule has 4 rings (SSSR count). The average molecular weight is 343 g/mol. The molecule has 25 heavy (non-hydrogen) atoms. The molecule has 0 aromatic heterocycles. The van der Waals surface area contributed by atoms with E-state index in [-0.39, 0.29) is 18.4 Å². The molecule has 0 radical (unpaired) electrons. The van der Waals surface area contributed by atoms with Crippen LogP contribution in [-0.4, -0.2) is 43.2 Å². The van der Waals surface area contributed by atoms with E-state index >= 15 is 0 Å². The van der Waals surface area contributed by atoms with E-state index in [2.05, 4.69) is 0 Å². The zero-order chi connectivity index (χ0) is 17.8. The maximum Gasteiger partial charge on any atom is 0.302 e. The van der Waals surface area contributed by atoms with Crippen molar-refractivity contribution in [2.24, 2.45) is 11.8 Å². The highest BCUT2D eigenvalue weighted by Crippen LogP contribution is 2.52. The summed E-state index contributed by atoms with van der Waals surface area (Å²) in [6, 6.07) is 6.74. The molecular formula is C18H17NO6. The number of anilines is 1. The number of methoxy groups -OCH3 is 1. The summed E-state index contributed by atoms with van der Waals surface area (Å²) in [6.07, 6.45) is 3.04. The van der Waals surface area contributed by atoms with E-state index in [1.54, 1.807) is 43.5 Å². The molecule has 0 aliphatic carbocycles. The van der Waals surface area contributed by atoms with Crippen molar-refractivity contribution in [3.63, 3.8) is 0 Å². The standard InChI is InChI=1S/C18H17NO6/c1-10(20)24-9-18-8-7-13(25-18)14-15(18)17(22)19(16(14)21)11-3-5-12(23-2)6-4-11/h3-8,13-15H,9H2,1-2H3/t13-,14+,15-,18+/m1/s1. The topological polar surface area (TPSA) is 82.1 Å². The predicted molar refractivity (Wildman–Crippen MR) is 85.8 cm³/mol. The molecule has 0 saturated carbocycles. The highest BCUT2D eigenvalue weighted by Gasteiger charge is 2.68. The summed E-state index contributed by atoms with van der Waals surface area (Å²) in [7, 11) is 1.55. The van der Waals surface area contributed by atoms with Gasteiger partial charge in [-0.3, -0.25) is 14.4 Å². The first-order valence-corrected chi connectivity index (χ1v) is 7.99. The molecule has 1 aromatic rings. The second-order valence-electron chi connectivity index (χ2n) is 6.39. The molecular weight excluding hydrogens is 326 g/mol. The lowest BCUT2D eigenvalue weighted by Crippen LogP contribution is -2.44. The summed E-state index contributed by atoms with van der Waals surface area (Å²) < 4.78 is 16.1. The Morgan fingerprint density at radius 2 is 1.96 bits per heavy atom. The van der Waals surface area contributed by atoms with Crippen molar-refractivity contribution >= 4 is 23.5 Å². The average Bonchev–Trinajstić information content (AvgIpc) is 3.24. The van der Waals surface area contributed by atoms with E-state index in [1.165, 1.54) is 11.8 Å². The summed E-state index contributed by atoms with van der Waals surface area (Å²) in [5, 5.41) is 0. The van der Waals surface area contributed by atoms with Crippen molar-refractivity contribution in [3.05, 3.63) is 36.4 Å². The van der Waals surface area contributed by atoms with E-state index < -0.39 is 29.5 Å². The molecule has 4 atom stereocenters. The number of fused-ring (bicyclic) bond motifs is 5. The van der Waals surface area contributed by atoms with Crippen molar-refractivity contribution in [3.8, 4) is 5.75 Å². The minimum Gasteiger partial charge on any atom is -0.497 e. The molecule has 2 amide bonds. The van der Waals surface area contributed by atoms with Crippen LogP contribution in [0.25, 0.3) is 0 Å². The van der Waals surface area contributed by atoms with E-state index in [1.807, 2.05) is 0 Å². The van der Waals surface area contributed by atoms with Gasteiger partial charge in [0.05, 0.1) is 30.7 Å². The largest absolute Gasteiger partial charge is 0.497 e. The molecule has 130 valence electrons. The molecule has 2 fully saturated rings. The molecule has 3 aliphatic heterocycles. The molecule has 2 saturated heterocycles. The Bertz CT molecular complexity index is 785. The zero-order valence-electron chi connectivity index (χ0n) is 13.8. The maximum atomic E-state index is 13.0. The summed E-state index contributed by atoms with van der Waals surface area (Å²) >= 11 is 0. The SMILES string of the molecule is COc1ccc(N2C(=O)[C@H]3[C@H]4C=C[C@@](COC(C)=O)(O4)[C@H]3C2=O)cc1. The summed E-state index contributed by atoms with van der Waals surface area (Å²) in [5.41, 5.74) is -0.568. The van der Waals surface area contributed by atoms with Gasteiger partial charge in [-0.25, -0.2) is 4.90 Å². The molecule has 7 heteroatoms. The van der Waals surface area contributed by atoms with E-state index in [4.69, 9.17) is 14.2 Å². The van der Waals surface area contributed by atoms with Gasteiger partial charge < -0.3 is 14.2 Å². The molecule has 0 spiro atoms. The lowest BCUT2D eigenvalue weighted by atomic mass is 9.77. The number of nitrogens with zero attached hydrogens (tertiary/aromatic N) is 1. The van der Waals surface area contributed by atoms with Gasteiger partial charge in [0.15, 0.2) is 0 Å². The van der Waals surface area contributed by atoms with Crippen molar-refractivity contribution in [2.45, 2.75) is 18.6 Å². The first kappa shape index (κ1) is 15.8. The lowest BCUT2D eigenvalue weighted by molar-refractivity contribution is -0.150. The van der Waals surface area contributed by atoms with Crippen molar-refractivity contribution in [1.82, 2.24) is 0 Å². The summed E-state index contributed by atoms with van der Waals surface area (Å²) in [5.74, 6) is -1.72. The maximum absolute atomic E-state index is 13.0. The fourth-order valence-corrected chi connectivity index (χ4v) is 3.87. The van der Waals surface area contributed by atoms with Crippen LogP contribution in [0.3, 0.4) is 0 Å². The van der Waals surface area contributed by atoms with Gasteiger partial charge in [-0.15, -0.1) is 0 Å². The van der Waals surface area contributed by atoms with Crippen molar-refractivity contribution in [2.75, 3.05) is 18.6 Å². The van der Waals surface area contributed by atoms with Gasteiger partial charge in [0.25, 0.3) is 0 Å². The minimum atomic E-state index is -1.06. The molecule has 3 heterocycles. The number of ether oxygens (including phenoxy) is 3.